The molecule has 0 bridgehead atoms. The molecule has 1 N–H and O–H groups in total. The molecule has 0 spiro atoms. The molecule has 3 aliphatic heterocycles. The van der Waals surface area contributed by atoms with Gasteiger partial charge in [-0.1, -0.05) is 0 Å². The van der Waals surface area contributed by atoms with E-state index in [1.54, 1.807) is 0 Å². The van der Waals surface area contributed by atoms with Gasteiger partial charge in [-0.2, -0.15) is 0 Å². The second-order valence-electron chi connectivity index (χ2n) is 7.95. The maximum absolute atomic E-state index is 12.4. The van der Waals surface area contributed by atoms with Crippen molar-refractivity contribution in [1.29, 1.82) is 0 Å². The van der Waals surface area contributed by atoms with E-state index in [-0.39, 0.29) is 18.1 Å². The number of nitrogens with one attached hydrogen (secondary N) is 1. The summed E-state index contributed by atoms with van der Waals surface area (Å²) in [5, 5.41) is 3.12. The predicted octanol–water partition coefficient (Wildman–Crippen LogP) is 1.42. The number of likely N-dealkylation sites (tertiary alicyclic amines) is 1. The minimum Gasteiger partial charge on any atom is -0.381 e. The minimum atomic E-state index is -0.217. The van der Waals surface area contributed by atoms with Gasteiger partial charge in [-0.25, -0.2) is 0 Å². The van der Waals surface area contributed by atoms with Crippen LogP contribution in [-0.2, 0) is 14.3 Å². The number of hydrogen-bond donors (Lipinski definition) is 1. The van der Waals surface area contributed by atoms with E-state index in [1.165, 1.54) is 32.4 Å². The Labute approximate surface area is 139 Å². The van der Waals surface area contributed by atoms with E-state index < -0.39 is 0 Å². The summed E-state index contributed by atoms with van der Waals surface area (Å²) in [6, 6.07) is 0. The van der Waals surface area contributed by atoms with E-state index in [0.717, 1.165) is 51.5 Å². The summed E-state index contributed by atoms with van der Waals surface area (Å²) in [6.07, 6.45) is 7.11. The Kier molecular flexibility index (Phi) is 4.88. The van der Waals surface area contributed by atoms with Crippen LogP contribution in [0, 0.1) is 17.8 Å². The summed E-state index contributed by atoms with van der Waals surface area (Å²) in [5.41, 5.74) is 0. The molecule has 0 aromatic rings. The average molecular weight is 322 g/mol. The molecular formula is C18H30N2O3. The van der Waals surface area contributed by atoms with Gasteiger partial charge < -0.3 is 19.7 Å². The third-order valence-corrected chi connectivity index (χ3v) is 6.05. The van der Waals surface area contributed by atoms with Crippen LogP contribution in [0.5, 0.6) is 0 Å². The molecule has 4 fully saturated rings. The SMILES string of the molecule is O=C(NCC1CCOCC1)[C@@H]1C[C@H]2CCN(CC3CC3)C[C@H]2O1. The van der Waals surface area contributed by atoms with Crippen LogP contribution >= 0.6 is 0 Å². The summed E-state index contributed by atoms with van der Waals surface area (Å²) in [4.78, 5) is 15.0. The number of nitrogens with zero attached hydrogens (tertiary/aromatic N) is 1. The normalized spacial score (nSPS) is 35.9. The van der Waals surface area contributed by atoms with Crippen LogP contribution in [0.15, 0.2) is 0 Å². The number of carbonyl (C=O) groups is 1. The third-order valence-electron chi connectivity index (χ3n) is 6.05. The summed E-state index contributed by atoms with van der Waals surface area (Å²) in [5.74, 6) is 2.21. The molecule has 1 amide bonds. The maximum Gasteiger partial charge on any atom is 0.249 e. The minimum absolute atomic E-state index is 0.111. The summed E-state index contributed by atoms with van der Waals surface area (Å²) >= 11 is 0. The number of carbonyl (C=O) groups excluding carboxylic acids is 1. The molecule has 5 heteroatoms. The van der Waals surface area contributed by atoms with Crippen molar-refractivity contribution in [3.63, 3.8) is 0 Å². The Morgan fingerprint density at radius 1 is 1.09 bits per heavy atom. The van der Waals surface area contributed by atoms with Gasteiger partial charge in [0.2, 0.25) is 5.91 Å². The molecule has 4 rings (SSSR count). The van der Waals surface area contributed by atoms with Crippen LogP contribution in [0.25, 0.3) is 0 Å². The van der Waals surface area contributed by atoms with Crippen molar-refractivity contribution in [2.45, 2.75) is 50.7 Å². The van der Waals surface area contributed by atoms with Gasteiger partial charge in [0.15, 0.2) is 0 Å². The molecule has 4 aliphatic rings. The third kappa shape index (κ3) is 4.06. The molecule has 3 heterocycles. The second-order valence-corrected chi connectivity index (χ2v) is 7.95. The maximum atomic E-state index is 12.4. The number of rotatable bonds is 5. The zero-order chi connectivity index (χ0) is 15.6. The fraction of sp³-hybridized carbons (Fsp3) is 0.944. The Balaban J connectivity index is 1.22. The van der Waals surface area contributed by atoms with Crippen LogP contribution in [0.4, 0.5) is 0 Å². The molecular weight excluding hydrogens is 292 g/mol. The van der Waals surface area contributed by atoms with Gasteiger partial charge in [0.05, 0.1) is 6.10 Å². The van der Waals surface area contributed by atoms with Crippen molar-refractivity contribution >= 4 is 5.91 Å². The molecule has 0 unspecified atom stereocenters. The van der Waals surface area contributed by atoms with Gasteiger partial charge in [0.1, 0.15) is 6.10 Å². The Morgan fingerprint density at radius 2 is 1.91 bits per heavy atom. The Morgan fingerprint density at radius 3 is 2.70 bits per heavy atom. The number of piperidine rings is 1. The number of ether oxygens (including phenoxy) is 2. The highest BCUT2D eigenvalue weighted by atomic mass is 16.5. The number of fused-ring (bicyclic) bond motifs is 1. The first-order chi connectivity index (χ1) is 11.3. The lowest BCUT2D eigenvalue weighted by molar-refractivity contribution is -0.133. The van der Waals surface area contributed by atoms with Crippen LogP contribution in [0.3, 0.4) is 0 Å². The van der Waals surface area contributed by atoms with E-state index in [4.69, 9.17) is 9.47 Å². The monoisotopic (exact) mass is 322 g/mol. The Bertz CT molecular complexity index is 420. The van der Waals surface area contributed by atoms with Crippen molar-refractivity contribution in [2.75, 3.05) is 39.4 Å². The van der Waals surface area contributed by atoms with Crippen molar-refractivity contribution in [2.24, 2.45) is 17.8 Å². The smallest absolute Gasteiger partial charge is 0.249 e. The molecule has 0 aromatic heterocycles. The largest absolute Gasteiger partial charge is 0.381 e. The molecule has 1 saturated carbocycles. The van der Waals surface area contributed by atoms with Crippen molar-refractivity contribution in [1.82, 2.24) is 10.2 Å². The first-order valence-electron chi connectivity index (χ1n) is 9.51. The summed E-state index contributed by atoms with van der Waals surface area (Å²) < 4.78 is 11.5. The van der Waals surface area contributed by atoms with Crippen LogP contribution in [0.1, 0.15) is 38.5 Å². The summed E-state index contributed by atoms with van der Waals surface area (Å²) in [7, 11) is 0. The molecule has 5 nitrogen and oxygen atoms in total. The lowest BCUT2D eigenvalue weighted by Gasteiger charge is -2.34. The molecule has 130 valence electrons. The van der Waals surface area contributed by atoms with E-state index in [0.29, 0.717) is 11.8 Å². The van der Waals surface area contributed by atoms with E-state index in [9.17, 15) is 4.79 Å². The average Bonchev–Trinajstić information content (AvgIpc) is 3.29. The van der Waals surface area contributed by atoms with E-state index in [1.807, 2.05) is 0 Å². The quantitative estimate of drug-likeness (QED) is 0.832. The molecule has 3 saturated heterocycles. The Hall–Kier alpha value is -0.650. The molecule has 1 aliphatic carbocycles. The lowest BCUT2D eigenvalue weighted by atomic mass is 9.91. The predicted molar refractivity (Wildman–Crippen MR) is 87.1 cm³/mol. The van der Waals surface area contributed by atoms with E-state index in [2.05, 4.69) is 10.2 Å². The van der Waals surface area contributed by atoms with Crippen LogP contribution in [0.2, 0.25) is 0 Å². The van der Waals surface area contributed by atoms with Gasteiger partial charge in [-0.15, -0.1) is 0 Å². The van der Waals surface area contributed by atoms with Crippen molar-refractivity contribution in [3.8, 4) is 0 Å². The molecule has 0 radical (unpaired) electrons. The highest BCUT2D eigenvalue weighted by Gasteiger charge is 2.42. The van der Waals surface area contributed by atoms with Gasteiger partial charge in [-0.3, -0.25) is 4.79 Å². The van der Waals surface area contributed by atoms with E-state index >= 15 is 0 Å². The first kappa shape index (κ1) is 15.9. The lowest BCUT2D eigenvalue weighted by Crippen LogP contribution is -2.43. The van der Waals surface area contributed by atoms with Gasteiger partial charge in [-0.05, 0) is 62.8 Å². The van der Waals surface area contributed by atoms with Crippen molar-refractivity contribution in [3.05, 3.63) is 0 Å². The fourth-order valence-corrected chi connectivity index (χ4v) is 4.30. The standard InChI is InChI=1S/C18H30N2O3/c21-18(19-10-13-4-7-22-8-5-13)16-9-15-3-6-20(11-14-1-2-14)12-17(15)23-16/h13-17H,1-12H2,(H,19,21)/t15-,16+,17-/m1/s1. The summed E-state index contributed by atoms with van der Waals surface area (Å²) in [6.45, 7) is 5.92. The van der Waals surface area contributed by atoms with Gasteiger partial charge >= 0.3 is 0 Å². The highest BCUT2D eigenvalue weighted by molar-refractivity contribution is 5.81. The topological polar surface area (TPSA) is 50.8 Å². The first-order valence-corrected chi connectivity index (χ1v) is 9.51. The fourth-order valence-electron chi connectivity index (χ4n) is 4.30. The highest BCUT2D eigenvalue weighted by Crippen LogP contribution is 2.36. The van der Waals surface area contributed by atoms with Crippen LogP contribution < -0.4 is 5.32 Å². The van der Waals surface area contributed by atoms with Crippen molar-refractivity contribution < 1.29 is 14.3 Å². The van der Waals surface area contributed by atoms with Gasteiger partial charge in [0.25, 0.3) is 0 Å². The zero-order valence-corrected chi connectivity index (χ0v) is 14.0. The molecule has 23 heavy (non-hydrogen) atoms. The van der Waals surface area contributed by atoms with Gasteiger partial charge in [0, 0.05) is 32.8 Å². The molecule has 3 atom stereocenters. The second kappa shape index (κ2) is 7.08. The number of hydrogen-bond acceptors (Lipinski definition) is 4. The number of amides is 1. The van der Waals surface area contributed by atoms with Crippen LogP contribution in [-0.4, -0.2) is 62.4 Å². The molecule has 0 aromatic carbocycles. The zero-order valence-electron chi connectivity index (χ0n) is 14.0.